The molecule has 0 fully saturated rings. The van der Waals surface area contributed by atoms with Gasteiger partial charge in [-0.25, -0.2) is 4.39 Å². The van der Waals surface area contributed by atoms with Crippen molar-refractivity contribution >= 4 is 5.65 Å². The Hall–Kier alpha value is -2.77. The summed E-state index contributed by atoms with van der Waals surface area (Å²) in [4.78, 5) is 3.85. The van der Waals surface area contributed by atoms with Crippen molar-refractivity contribution in [2.75, 3.05) is 6.61 Å². The zero-order valence-corrected chi connectivity index (χ0v) is 11.5. The first-order valence-electron chi connectivity index (χ1n) is 6.50. The van der Waals surface area contributed by atoms with Gasteiger partial charge in [-0.05, 0) is 12.1 Å². The van der Waals surface area contributed by atoms with E-state index in [1.54, 1.807) is 6.07 Å². The van der Waals surface area contributed by atoms with Crippen molar-refractivity contribution in [2.24, 2.45) is 0 Å². The third kappa shape index (κ3) is 3.20. The number of nitrogens with zero attached hydrogens (tertiary/aromatic N) is 2. The maximum absolute atomic E-state index is 13.7. The predicted molar refractivity (Wildman–Crippen MR) is 73.8 cm³/mol. The maximum Gasteiger partial charge on any atom is 0.422 e. The zero-order valence-electron chi connectivity index (χ0n) is 11.5. The van der Waals surface area contributed by atoms with Crippen LogP contribution in [0.25, 0.3) is 16.8 Å². The van der Waals surface area contributed by atoms with Crippen LogP contribution >= 0.6 is 0 Å². The van der Waals surface area contributed by atoms with Gasteiger partial charge in [-0.1, -0.05) is 18.2 Å². The van der Waals surface area contributed by atoms with Crippen molar-refractivity contribution < 1.29 is 27.4 Å². The van der Waals surface area contributed by atoms with Gasteiger partial charge in [0.2, 0.25) is 5.88 Å². The molecular weight excluding hydrogens is 316 g/mol. The van der Waals surface area contributed by atoms with Crippen LogP contribution < -0.4 is 4.74 Å². The molecule has 0 spiro atoms. The number of para-hydroxylation sites is 1. The Morgan fingerprint density at radius 3 is 2.61 bits per heavy atom. The molecule has 0 aliphatic heterocycles. The minimum atomic E-state index is -4.49. The molecule has 1 aromatic carbocycles. The molecule has 0 radical (unpaired) electrons. The lowest BCUT2D eigenvalue weighted by molar-refractivity contribution is -0.153. The van der Waals surface area contributed by atoms with E-state index in [4.69, 9.17) is 4.74 Å². The molecular formula is C15H10F4N2O2. The first kappa shape index (κ1) is 15.1. The number of benzene rings is 1. The Labute approximate surface area is 127 Å². The second-order valence-electron chi connectivity index (χ2n) is 4.80. The fraction of sp³-hybridized carbons (Fsp3) is 0.133. The lowest BCUT2D eigenvalue weighted by Crippen LogP contribution is -2.19. The molecule has 0 saturated heterocycles. The number of aromatic nitrogens is 2. The van der Waals surface area contributed by atoms with Gasteiger partial charge in [0.15, 0.2) is 6.61 Å². The van der Waals surface area contributed by atoms with Crippen LogP contribution in [0.3, 0.4) is 0 Å². The van der Waals surface area contributed by atoms with Crippen molar-refractivity contribution in [3.05, 3.63) is 48.5 Å². The molecule has 4 nitrogen and oxygen atoms in total. The van der Waals surface area contributed by atoms with Crippen LogP contribution in [0.5, 0.6) is 11.6 Å². The lowest BCUT2D eigenvalue weighted by Gasteiger charge is -2.13. The van der Waals surface area contributed by atoms with Gasteiger partial charge < -0.3 is 9.84 Å². The minimum Gasteiger partial charge on any atom is -0.492 e. The van der Waals surface area contributed by atoms with E-state index in [0.717, 1.165) is 12.3 Å². The largest absolute Gasteiger partial charge is 0.492 e. The summed E-state index contributed by atoms with van der Waals surface area (Å²) in [6.07, 6.45) is -2.19. The molecule has 0 amide bonds. The Morgan fingerprint density at radius 1 is 1.13 bits per heavy atom. The number of hydrogen-bond donors (Lipinski definition) is 1. The molecule has 2 heterocycles. The molecule has 0 saturated carbocycles. The van der Waals surface area contributed by atoms with E-state index in [2.05, 4.69) is 4.98 Å². The van der Waals surface area contributed by atoms with E-state index in [0.29, 0.717) is 0 Å². The average Bonchev–Trinajstić information content (AvgIpc) is 2.84. The van der Waals surface area contributed by atoms with Gasteiger partial charge in [-0.15, -0.1) is 0 Å². The first-order chi connectivity index (χ1) is 10.8. The summed E-state index contributed by atoms with van der Waals surface area (Å²) >= 11 is 0. The Morgan fingerprint density at radius 2 is 1.87 bits per heavy atom. The third-order valence-electron chi connectivity index (χ3n) is 3.07. The van der Waals surface area contributed by atoms with Crippen molar-refractivity contribution in [3.8, 4) is 22.8 Å². The van der Waals surface area contributed by atoms with Gasteiger partial charge in [-0.2, -0.15) is 18.2 Å². The fourth-order valence-corrected chi connectivity index (χ4v) is 2.22. The third-order valence-corrected chi connectivity index (χ3v) is 3.07. The van der Waals surface area contributed by atoms with Gasteiger partial charge in [0.25, 0.3) is 0 Å². The monoisotopic (exact) mass is 326 g/mol. The number of halogens is 4. The van der Waals surface area contributed by atoms with E-state index in [1.165, 1.54) is 28.8 Å². The standard InChI is InChI=1S/C15H10F4N2O2/c16-9-5-11(14-20-13(22)7-21(14)6-9)10-3-1-2-4-12(10)23-8-15(17,18)19/h1-7,22H,8H2. The predicted octanol–water partition coefficient (Wildman–Crippen LogP) is 3.79. The Bertz CT molecular complexity index is 858. The van der Waals surface area contributed by atoms with Crippen molar-refractivity contribution in [1.82, 2.24) is 9.38 Å². The Balaban J connectivity index is 2.12. The zero-order chi connectivity index (χ0) is 16.6. The second kappa shape index (κ2) is 5.45. The van der Waals surface area contributed by atoms with Gasteiger partial charge in [0.05, 0.1) is 6.20 Å². The Kier molecular flexibility index (Phi) is 3.59. The van der Waals surface area contributed by atoms with Crippen molar-refractivity contribution in [1.29, 1.82) is 0 Å². The summed E-state index contributed by atoms with van der Waals surface area (Å²) in [5, 5.41) is 9.46. The van der Waals surface area contributed by atoms with E-state index in [-0.39, 0.29) is 28.4 Å². The number of rotatable bonds is 3. The summed E-state index contributed by atoms with van der Waals surface area (Å²) < 4.78 is 56.9. The van der Waals surface area contributed by atoms with Crippen molar-refractivity contribution in [2.45, 2.75) is 6.18 Å². The molecule has 0 aliphatic carbocycles. The topological polar surface area (TPSA) is 46.8 Å². The molecule has 120 valence electrons. The van der Waals surface area contributed by atoms with Crippen LogP contribution in [0, 0.1) is 5.82 Å². The van der Waals surface area contributed by atoms with Crippen LogP contribution in [0.4, 0.5) is 17.6 Å². The molecule has 0 atom stereocenters. The van der Waals surface area contributed by atoms with Crippen LogP contribution in [0.1, 0.15) is 0 Å². The molecule has 3 aromatic rings. The highest BCUT2D eigenvalue weighted by Gasteiger charge is 2.29. The summed E-state index contributed by atoms with van der Waals surface area (Å²) in [5.41, 5.74) is 0.655. The summed E-state index contributed by atoms with van der Waals surface area (Å²) in [7, 11) is 0. The minimum absolute atomic E-state index is 0.0557. The number of hydrogen-bond acceptors (Lipinski definition) is 3. The number of ether oxygens (including phenoxy) is 1. The van der Waals surface area contributed by atoms with Crippen LogP contribution in [-0.4, -0.2) is 27.3 Å². The molecule has 0 aliphatic rings. The SMILES string of the molecule is Oc1cn2cc(F)cc(-c3ccccc3OCC(F)(F)F)c2n1. The molecule has 0 unspecified atom stereocenters. The fourth-order valence-electron chi connectivity index (χ4n) is 2.22. The molecule has 2 aromatic heterocycles. The molecule has 1 N–H and O–H groups in total. The van der Waals surface area contributed by atoms with E-state index < -0.39 is 18.6 Å². The summed E-state index contributed by atoms with van der Waals surface area (Å²) in [6, 6.07) is 7.06. The smallest absolute Gasteiger partial charge is 0.422 e. The number of aromatic hydroxyl groups is 1. The van der Waals surface area contributed by atoms with Crippen molar-refractivity contribution in [3.63, 3.8) is 0 Å². The highest BCUT2D eigenvalue weighted by molar-refractivity contribution is 5.81. The molecule has 3 rings (SSSR count). The normalized spacial score (nSPS) is 11.8. The van der Waals surface area contributed by atoms with E-state index >= 15 is 0 Å². The number of pyridine rings is 1. The van der Waals surface area contributed by atoms with Crippen LogP contribution in [0.2, 0.25) is 0 Å². The maximum atomic E-state index is 13.7. The average molecular weight is 326 g/mol. The highest BCUT2D eigenvalue weighted by Crippen LogP contribution is 2.34. The highest BCUT2D eigenvalue weighted by atomic mass is 19.4. The molecule has 23 heavy (non-hydrogen) atoms. The van der Waals surface area contributed by atoms with Crippen LogP contribution in [0.15, 0.2) is 42.7 Å². The number of imidazole rings is 1. The van der Waals surface area contributed by atoms with Gasteiger partial charge >= 0.3 is 6.18 Å². The van der Waals surface area contributed by atoms with Gasteiger partial charge in [0, 0.05) is 17.3 Å². The molecule has 0 bridgehead atoms. The first-order valence-corrected chi connectivity index (χ1v) is 6.50. The van der Waals surface area contributed by atoms with Gasteiger partial charge in [-0.3, -0.25) is 4.40 Å². The summed E-state index contributed by atoms with van der Waals surface area (Å²) in [6.45, 7) is -1.46. The van der Waals surface area contributed by atoms with Crippen LogP contribution in [-0.2, 0) is 0 Å². The lowest BCUT2D eigenvalue weighted by atomic mass is 10.1. The number of alkyl halides is 3. The second-order valence-corrected chi connectivity index (χ2v) is 4.80. The molecule has 8 heteroatoms. The van der Waals surface area contributed by atoms with E-state index in [1.807, 2.05) is 0 Å². The van der Waals surface area contributed by atoms with Gasteiger partial charge in [0.1, 0.15) is 17.2 Å². The quantitative estimate of drug-likeness (QED) is 0.745. The van der Waals surface area contributed by atoms with E-state index in [9.17, 15) is 22.7 Å². The number of fused-ring (bicyclic) bond motifs is 1. The summed E-state index contributed by atoms with van der Waals surface area (Å²) in [5.74, 6) is -1.01.